The number of benzene rings is 1. The van der Waals surface area contributed by atoms with E-state index in [0.717, 1.165) is 18.0 Å². The van der Waals surface area contributed by atoms with Gasteiger partial charge in [-0.05, 0) is 47.8 Å². The van der Waals surface area contributed by atoms with Crippen molar-refractivity contribution < 1.29 is 0 Å². The zero-order chi connectivity index (χ0) is 11.9. The minimum Gasteiger partial charge on any atom is -0.375 e. The Morgan fingerprint density at radius 2 is 2.12 bits per heavy atom. The number of fused-ring (bicyclic) bond motifs is 1. The second-order valence-electron chi connectivity index (χ2n) is 5.40. The van der Waals surface area contributed by atoms with E-state index in [2.05, 4.69) is 41.7 Å². The third kappa shape index (κ3) is 1.93. The molecule has 2 nitrogen and oxygen atoms in total. The molecule has 0 aliphatic heterocycles. The maximum Gasteiger partial charge on any atom is 0.117 e. The van der Waals surface area contributed by atoms with Gasteiger partial charge >= 0.3 is 0 Å². The van der Waals surface area contributed by atoms with Gasteiger partial charge in [-0.25, -0.2) is 0 Å². The summed E-state index contributed by atoms with van der Waals surface area (Å²) >= 11 is 1.58. The molecule has 0 saturated heterocycles. The maximum absolute atomic E-state index is 4.46. The molecule has 0 radical (unpaired) electrons. The van der Waals surface area contributed by atoms with E-state index in [1.54, 1.807) is 11.5 Å². The Kier molecular flexibility index (Phi) is 2.58. The summed E-state index contributed by atoms with van der Waals surface area (Å²) in [6.45, 7) is 5.76. The molecule has 90 valence electrons. The molecule has 1 aromatic heterocycles. The minimum absolute atomic E-state index is 0.547. The predicted octanol–water partition coefficient (Wildman–Crippen LogP) is 4.14. The highest BCUT2D eigenvalue weighted by molar-refractivity contribution is 7.11. The highest BCUT2D eigenvalue weighted by Crippen LogP contribution is 2.52. The van der Waals surface area contributed by atoms with Gasteiger partial charge in [0.2, 0.25) is 0 Å². The van der Waals surface area contributed by atoms with Gasteiger partial charge in [0.15, 0.2) is 0 Å². The van der Waals surface area contributed by atoms with Crippen LogP contribution in [-0.4, -0.2) is 10.9 Å². The van der Waals surface area contributed by atoms with Crippen LogP contribution in [0.3, 0.4) is 0 Å². The summed E-state index contributed by atoms with van der Waals surface area (Å²) in [4.78, 5) is 0. The molecule has 0 bridgehead atoms. The Morgan fingerprint density at radius 3 is 2.82 bits per heavy atom. The lowest BCUT2D eigenvalue weighted by molar-refractivity contribution is 0.380. The fraction of sp³-hybridized carbons (Fsp3) is 0.500. The first-order valence-corrected chi connectivity index (χ1v) is 7.07. The molecule has 1 N–H and O–H groups in total. The van der Waals surface area contributed by atoms with Gasteiger partial charge in [0.1, 0.15) is 5.00 Å². The van der Waals surface area contributed by atoms with E-state index < -0.39 is 0 Å². The molecule has 1 heterocycles. The number of nitrogens with one attached hydrogen (secondary N) is 1. The zero-order valence-electron chi connectivity index (χ0n) is 10.4. The van der Waals surface area contributed by atoms with Crippen LogP contribution in [-0.2, 0) is 0 Å². The smallest absolute Gasteiger partial charge is 0.117 e. The highest BCUT2D eigenvalue weighted by atomic mass is 32.1. The standard InChI is InChI=1S/C14H18N2S/c1-10(2)14(7-8-14)9-15-13-11-5-3-4-6-12(11)16-17-13/h3-6,10,15H,7-9H2,1-2H3. The lowest BCUT2D eigenvalue weighted by atomic mass is 9.92. The molecule has 1 saturated carbocycles. The van der Waals surface area contributed by atoms with Crippen LogP contribution in [0.2, 0.25) is 0 Å². The van der Waals surface area contributed by atoms with Crippen molar-refractivity contribution in [1.29, 1.82) is 0 Å². The molecule has 0 atom stereocenters. The summed E-state index contributed by atoms with van der Waals surface area (Å²) in [6.07, 6.45) is 2.74. The van der Waals surface area contributed by atoms with E-state index >= 15 is 0 Å². The van der Waals surface area contributed by atoms with Gasteiger partial charge in [-0.2, -0.15) is 4.37 Å². The fourth-order valence-electron chi connectivity index (χ4n) is 2.39. The quantitative estimate of drug-likeness (QED) is 0.876. The number of hydrogen-bond acceptors (Lipinski definition) is 3. The molecule has 2 aromatic rings. The number of hydrogen-bond donors (Lipinski definition) is 1. The summed E-state index contributed by atoms with van der Waals surface area (Å²) < 4.78 is 4.46. The van der Waals surface area contributed by atoms with Crippen LogP contribution in [0, 0.1) is 11.3 Å². The summed E-state index contributed by atoms with van der Waals surface area (Å²) in [5.74, 6) is 0.772. The van der Waals surface area contributed by atoms with Crippen molar-refractivity contribution in [3.05, 3.63) is 24.3 Å². The van der Waals surface area contributed by atoms with Gasteiger partial charge in [0.25, 0.3) is 0 Å². The Morgan fingerprint density at radius 1 is 1.35 bits per heavy atom. The topological polar surface area (TPSA) is 24.9 Å². The van der Waals surface area contributed by atoms with Crippen LogP contribution in [0.15, 0.2) is 24.3 Å². The van der Waals surface area contributed by atoms with Crippen LogP contribution in [0.4, 0.5) is 5.00 Å². The van der Waals surface area contributed by atoms with Crippen LogP contribution >= 0.6 is 11.5 Å². The number of nitrogens with zero attached hydrogens (tertiary/aromatic N) is 1. The molecular formula is C14H18N2S. The summed E-state index contributed by atoms with van der Waals surface area (Å²) in [7, 11) is 0. The van der Waals surface area contributed by atoms with E-state index in [9.17, 15) is 0 Å². The van der Waals surface area contributed by atoms with Gasteiger partial charge < -0.3 is 5.32 Å². The van der Waals surface area contributed by atoms with Crippen molar-refractivity contribution in [3.8, 4) is 0 Å². The van der Waals surface area contributed by atoms with E-state index in [-0.39, 0.29) is 0 Å². The van der Waals surface area contributed by atoms with Crippen molar-refractivity contribution in [2.45, 2.75) is 26.7 Å². The van der Waals surface area contributed by atoms with Gasteiger partial charge in [-0.3, -0.25) is 0 Å². The molecule has 0 spiro atoms. The first kappa shape index (κ1) is 11.0. The summed E-state index contributed by atoms with van der Waals surface area (Å²) in [6, 6.07) is 8.35. The normalized spacial score (nSPS) is 17.6. The van der Waals surface area contributed by atoms with Crippen LogP contribution < -0.4 is 5.32 Å². The highest BCUT2D eigenvalue weighted by Gasteiger charge is 2.45. The molecule has 1 aliphatic carbocycles. The van der Waals surface area contributed by atoms with Gasteiger partial charge in [-0.15, -0.1) is 0 Å². The Labute approximate surface area is 106 Å². The van der Waals surface area contributed by atoms with E-state index in [1.807, 2.05) is 6.07 Å². The van der Waals surface area contributed by atoms with Crippen molar-refractivity contribution >= 4 is 27.4 Å². The van der Waals surface area contributed by atoms with E-state index in [1.165, 1.54) is 23.2 Å². The molecule has 1 fully saturated rings. The van der Waals surface area contributed by atoms with Crippen LogP contribution in [0.1, 0.15) is 26.7 Å². The zero-order valence-corrected chi connectivity index (χ0v) is 11.2. The Hall–Kier alpha value is -1.09. The molecular weight excluding hydrogens is 228 g/mol. The van der Waals surface area contributed by atoms with Crippen LogP contribution in [0.25, 0.3) is 10.9 Å². The third-order valence-electron chi connectivity index (χ3n) is 4.10. The van der Waals surface area contributed by atoms with Crippen molar-refractivity contribution in [2.75, 3.05) is 11.9 Å². The Balaban J connectivity index is 1.77. The van der Waals surface area contributed by atoms with Crippen molar-refractivity contribution in [1.82, 2.24) is 4.37 Å². The van der Waals surface area contributed by atoms with Crippen molar-refractivity contribution in [3.63, 3.8) is 0 Å². The molecule has 0 amide bonds. The van der Waals surface area contributed by atoms with Gasteiger partial charge in [-0.1, -0.05) is 26.0 Å². The first-order valence-electron chi connectivity index (χ1n) is 6.30. The first-order chi connectivity index (χ1) is 8.21. The molecule has 17 heavy (non-hydrogen) atoms. The summed E-state index contributed by atoms with van der Waals surface area (Å²) in [5.41, 5.74) is 1.65. The predicted molar refractivity (Wildman–Crippen MR) is 74.6 cm³/mol. The SMILES string of the molecule is CC(C)C1(CNc2snc3ccccc23)CC1. The number of rotatable bonds is 4. The van der Waals surface area contributed by atoms with Crippen LogP contribution in [0.5, 0.6) is 0 Å². The lowest BCUT2D eigenvalue weighted by Crippen LogP contribution is -2.20. The number of anilines is 1. The third-order valence-corrected chi connectivity index (χ3v) is 4.94. The maximum atomic E-state index is 4.46. The fourth-order valence-corrected chi connectivity index (χ4v) is 3.15. The molecule has 0 unspecified atom stereocenters. The number of aromatic nitrogens is 1. The molecule has 1 aromatic carbocycles. The van der Waals surface area contributed by atoms with Crippen molar-refractivity contribution in [2.24, 2.45) is 11.3 Å². The van der Waals surface area contributed by atoms with E-state index in [0.29, 0.717) is 5.41 Å². The molecule has 3 heteroatoms. The Bertz CT molecular complexity index is 526. The molecule has 3 rings (SSSR count). The second kappa shape index (κ2) is 3.98. The summed E-state index contributed by atoms with van der Waals surface area (Å²) in [5, 5.41) is 6.10. The second-order valence-corrected chi connectivity index (χ2v) is 6.17. The minimum atomic E-state index is 0.547. The largest absolute Gasteiger partial charge is 0.375 e. The lowest BCUT2D eigenvalue weighted by Gasteiger charge is -2.20. The average molecular weight is 246 g/mol. The monoisotopic (exact) mass is 246 g/mol. The average Bonchev–Trinajstić information content (AvgIpc) is 3.02. The van der Waals surface area contributed by atoms with Gasteiger partial charge in [0, 0.05) is 11.9 Å². The molecule has 1 aliphatic rings. The van der Waals surface area contributed by atoms with Gasteiger partial charge in [0.05, 0.1) is 5.52 Å². The van der Waals surface area contributed by atoms with E-state index in [4.69, 9.17) is 0 Å².